The molecule has 0 fully saturated rings. The number of fused-ring (bicyclic) bond motifs is 1. The summed E-state index contributed by atoms with van der Waals surface area (Å²) in [5.74, 6) is -0.0650. The summed E-state index contributed by atoms with van der Waals surface area (Å²) in [4.78, 5) is 27.5. The zero-order chi connectivity index (χ0) is 15.4. The first kappa shape index (κ1) is 14.3. The Labute approximate surface area is 128 Å². The number of hydrogen-bond donors (Lipinski definition) is 2. The third-order valence-electron chi connectivity index (χ3n) is 3.68. The van der Waals surface area contributed by atoms with E-state index >= 15 is 0 Å². The van der Waals surface area contributed by atoms with E-state index in [0.29, 0.717) is 24.9 Å². The molecule has 22 heavy (non-hydrogen) atoms. The number of carbonyl (C=O) groups excluding carboxylic acids is 2. The van der Waals surface area contributed by atoms with Crippen LogP contribution in [0.5, 0.6) is 0 Å². The molecule has 1 aliphatic heterocycles. The quantitative estimate of drug-likeness (QED) is 0.905. The molecule has 5 nitrogen and oxygen atoms in total. The number of pyridine rings is 1. The molecule has 2 N–H and O–H groups in total. The van der Waals surface area contributed by atoms with Crippen LogP contribution >= 0.6 is 0 Å². The number of benzene rings is 1. The first-order chi connectivity index (χ1) is 10.7. The van der Waals surface area contributed by atoms with Gasteiger partial charge in [0.25, 0.3) is 5.91 Å². The highest BCUT2D eigenvalue weighted by molar-refractivity contribution is 5.97. The smallest absolute Gasteiger partial charge is 0.251 e. The van der Waals surface area contributed by atoms with E-state index in [1.807, 2.05) is 18.2 Å². The summed E-state index contributed by atoms with van der Waals surface area (Å²) >= 11 is 0. The molecule has 3 rings (SSSR count). The molecule has 112 valence electrons. The van der Waals surface area contributed by atoms with Crippen molar-refractivity contribution in [3.8, 4) is 0 Å². The predicted octanol–water partition coefficient (Wildman–Crippen LogP) is 1.94. The summed E-state index contributed by atoms with van der Waals surface area (Å²) in [6, 6.07) is 9.26. The lowest BCUT2D eigenvalue weighted by Gasteiger charge is -2.17. The van der Waals surface area contributed by atoms with Crippen LogP contribution in [0.3, 0.4) is 0 Å². The Morgan fingerprint density at radius 1 is 1.27 bits per heavy atom. The van der Waals surface area contributed by atoms with Crippen molar-refractivity contribution in [2.24, 2.45) is 0 Å². The van der Waals surface area contributed by atoms with Crippen molar-refractivity contribution in [1.82, 2.24) is 10.3 Å². The van der Waals surface area contributed by atoms with Gasteiger partial charge in [0.1, 0.15) is 0 Å². The van der Waals surface area contributed by atoms with Gasteiger partial charge in [0.2, 0.25) is 5.91 Å². The van der Waals surface area contributed by atoms with Crippen LogP contribution in [-0.2, 0) is 17.6 Å². The molecule has 1 aromatic heterocycles. The predicted molar refractivity (Wildman–Crippen MR) is 83.7 cm³/mol. The largest absolute Gasteiger partial charge is 0.352 e. The minimum atomic E-state index is -0.0939. The van der Waals surface area contributed by atoms with Crippen LogP contribution in [0.25, 0.3) is 0 Å². The summed E-state index contributed by atoms with van der Waals surface area (Å²) in [5, 5.41) is 5.72. The molecular formula is C17H17N3O2. The van der Waals surface area contributed by atoms with Crippen molar-refractivity contribution >= 4 is 17.5 Å². The summed E-state index contributed by atoms with van der Waals surface area (Å²) in [6.07, 6.45) is 5.43. The van der Waals surface area contributed by atoms with Gasteiger partial charge < -0.3 is 10.6 Å². The Bertz CT molecular complexity index is 698. The van der Waals surface area contributed by atoms with E-state index in [1.165, 1.54) is 0 Å². The zero-order valence-corrected chi connectivity index (χ0v) is 12.1. The van der Waals surface area contributed by atoms with E-state index in [4.69, 9.17) is 0 Å². The van der Waals surface area contributed by atoms with Crippen molar-refractivity contribution in [3.63, 3.8) is 0 Å². The molecule has 0 saturated carbocycles. The van der Waals surface area contributed by atoms with E-state index in [1.54, 1.807) is 24.5 Å². The Hall–Kier alpha value is -2.69. The molecule has 2 amide bonds. The molecule has 1 aromatic carbocycles. The summed E-state index contributed by atoms with van der Waals surface area (Å²) in [7, 11) is 0. The highest BCUT2D eigenvalue weighted by Crippen LogP contribution is 2.23. The van der Waals surface area contributed by atoms with E-state index in [2.05, 4.69) is 15.6 Å². The molecule has 0 spiro atoms. The van der Waals surface area contributed by atoms with Crippen molar-refractivity contribution in [2.45, 2.75) is 19.3 Å². The van der Waals surface area contributed by atoms with Crippen molar-refractivity contribution in [3.05, 3.63) is 59.4 Å². The van der Waals surface area contributed by atoms with Crippen LogP contribution in [0.15, 0.2) is 42.7 Å². The molecule has 2 heterocycles. The third kappa shape index (κ3) is 3.31. The van der Waals surface area contributed by atoms with E-state index in [0.717, 1.165) is 23.2 Å². The second-order valence-corrected chi connectivity index (χ2v) is 5.29. The Morgan fingerprint density at radius 3 is 3.00 bits per heavy atom. The highest BCUT2D eigenvalue weighted by Gasteiger charge is 2.16. The van der Waals surface area contributed by atoms with E-state index in [9.17, 15) is 9.59 Å². The topological polar surface area (TPSA) is 71.1 Å². The number of aryl methyl sites for hydroxylation is 1. The number of nitrogens with zero attached hydrogens (tertiary/aromatic N) is 1. The average molecular weight is 295 g/mol. The normalized spacial score (nSPS) is 13.2. The van der Waals surface area contributed by atoms with E-state index < -0.39 is 0 Å². The monoisotopic (exact) mass is 295 g/mol. The standard InChI is InChI=1S/C17H17N3O2/c21-16-6-4-13-10-14(3-5-15(13)20-16)17(22)19-9-7-12-2-1-8-18-11-12/h1-3,5,8,10-11H,4,6-7,9H2,(H,19,22)(H,20,21). The molecule has 0 aliphatic carbocycles. The minimum Gasteiger partial charge on any atom is -0.352 e. The second kappa shape index (κ2) is 6.39. The molecule has 0 radical (unpaired) electrons. The molecule has 0 atom stereocenters. The van der Waals surface area contributed by atoms with Gasteiger partial charge >= 0.3 is 0 Å². The van der Waals surface area contributed by atoms with Gasteiger partial charge in [0, 0.05) is 36.6 Å². The van der Waals surface area contributed by atoms with Gasteiger partial charge in [0.05, 0.1) is 0 Å². The number of carbonyl (C=O) groups is 2. The van der Waals surface area contributed by atoms with E-state index in [-0.39, 0.29) is 11.8 Å². The summed E-state index contributed by atoms with van der Waals surface area (Å²) < 4.78 is 0. The van der Waals surface area contributed by atoms with Crippen LogP contribution in [0, 0.1) is 0 Å². The van der Waals surface area contributed by atoms with Crippen LogP contribution in [0.4, 0.5) is 5.69 Å². The van der Waals surface area contributed by atoms with Crippen molar-refractivity contribution in [2.75, 3.05) is 11.9 Å². The maximum absolute atomic E-state index is 12.2. The Balaban J connectivity index is 1.59. The fraction of sp³-hybridized carbons (Fsp3) is 0.235. The average Bonchev–Trinajstić information content (AvgIpc) is 2.55. The number of nitrogens with one attached hydrogen (secondary N) is 2. The van der Waals surface area contributed by atoms with Crippen LogP contribution < -0.4 is 10.6 Å². The van der Waals surface area contributed by atoms with Crippen LogP contribution in [0.2, 0.25) is 0 Å². The van der Waals surface area contributed by atoms with Gasteiger partial charge in [0.15, 0.2) is 0 Å². The highest BCUT2D eigenvalue weighted by atomic mass is 16.2. The Kier molecular flexibility index (Phi) is 4.14. The lowest BCUT2D eigenvalue weighted by molar-refractivity contribution is -0.116. The molecule has 0 saturated heterocycles. The number of rotatable bonds is 4. The van der Waals surface area contributed by atoms with Gasteiger partial charge in [-0.2, -0.15) is 0 Å². The van der Waals surface area contributed by atoms with Gasteiger partial charge in [-0.15, -0.1) is 0 Å². The van der Waals surface area contributed by atoms with Crippen LogP contribution in [0.1, 0.15) is 27.9 Å². The zero-order valence-electron chi connectivity index (χ0n) is 12.1. The molecule has 0 bridgehead atoms. The van der Waals surface area contributed by atoms with Crippen LogP contribution in [-0.4, -0.2) is 23.3 Å². The van der Waals surface area contributed by atoms with Crippen molar-refractivity contribution < 1.29 is 9.59 Å². The van der Waals surface area contributed by atoms with Gasteiger partial charge in [-0.1, -0.05) is 6.07 Å². The third-order valence-corrected chi connectivity index (χ3v) is 3.68. The fourth-order valence-corrected chi connectivity index (χ4v) is 2.49. The lowest BCUT2D eigenvalue weighted by Crippen LogP contribution is -2.26. The number of amides is 2. The van der Waals surface area contributed by atoms with Crippen molar-refractivity contribution in [1.29, 1.82) is 0 Å². The summed E-state index contributed by atoms with van der Waals surface area (Å²) in [5.41, 5.74) is 3.54. The Morgan fingerprint density at radius 2 is 2.18 bits per heavy atom. The van der Waals surface area contributed by atoms with Gasteiger partial charge in [-0.05, 0) is 48.2 Å². The molecule has 1 aliphatic rings. The van der Waals surface area contributed by atoms with Gasteiger partial charge in [-0.3, -0.25) is 14.6 Å². The second-order valence-electron chi connectivity index (χ2n) is 5.29. The maximum Gasteiger partial charge on any atom is 0.251 e. The SMILES string of the molecule is O=C1CCc2cc(C(=O)NCCc3cccnc3)ccc2N1. The fourth-order valence-electron chi connectivity index (χ4n) is 2.49. The minimum absolute atomic E-state index is 0.0289. The first-order valence-corrected chi connectivity index (χ1v) is 7.32. The number of hydrogen-bond acceptors (Lipinski definition) is 3. The lowest BCUT2D eigenvalue weighted by atomic mass is 10.00. The first-order valence-electron chi connectivity index (χ1n) is 7.32. The molecule has 5 heteroatoms. The molecule has 2 aromatic rings. The number of aromatic nitrogens is 1. The molecular weight excluding hydrogens is 278 g/mol. The number of anilines is 1. The summed E-state index contributed by atoms with van der Waals surface area (Å²) in [6.45, 7) is 0.568. The van der Waals surface area contributed by atoms with Gasteiger partial charge in [-0.25, -0.2) is 0 Å². The molecule has 0 unspecified atom stereocenters. The maximum atomic E-state index is 12.2.